The topological polar surface area (TPSA) is 341 Å². The number of aromatic amines is 3. The van der Waals surface area contributed by atoms with Crippen LogP contribution in [0.25, 0.3) is 33.1 Å². The van der Waals surface area contributed by atoms with Crippen molar-refractivity contribution < 1.29 is 57.0 Å². The first-order valence-corrected chi connectivity index (χ1v) is 34.5. The molecule has 0 atom stereocenters. The number of aryl methyl sites for hydroxylation is 3. The third-order valence-electron chi connectivity index (χ3n) is 18.5. The van der Waals surface area contributed by atoms with Crippen LogP contribution >= 0.6 is 0 Å². The van der Waals surface area contributed by atoms with E-state index in [2.05, 4.69) is 68.7 Å². The van der Waals surface area contributed by atoms with Gasteiger partial charge in [-0.1, -0.05) is 6.92 Å². The molecule has 9 aromatic rings. The van der Waals surface area contributed by atoms with Crippen LogP contribution in [-0.2, 0) is 14.2 Å². The fourth-order valence-electron chi connectivity index (χ4n) is 12.9. The number of benzene rings is 3. The Morgan fingerprint density at radius 3 is 1.06 bits per heavy atom. The van der Waals surface area contributed by atoms with Gasteiger partial charge in [-0.05, 0) is 112 Å². The number of hydrogen-bond acceptors (Lipinski definition) is 24. The molecule has 3 aromatic carbocycles. The van der Waals surface area contributed by atoms with E-state index in [1.807, 2.05) is 57.6 Å². The van der Waals surface area contributed by atoms with Crippen LogP contribution in [0, 0.1) is 20.8 Å². The number of morpholine rings is 3. The van der Waals surface area contributed by atoms with E-state index in [-0.39, 0.29) is 17.7 Å². The fraction of sp³-hybridized carbons (Fsp3) is 0.443. The zero-order chi connectivity index (χ0) is 68.2. The van der Waals surface area contributed by atoms with Crippen molar-refractivity contribution in [2.24, 2.45) is 0 Å². The summed E-state index contributed by atoms with van der Waals surface area (Å²) in [5.41, 5.74) is 8.97. The molecular formula is C70H82N18O12. The number of carbonyl (C=O) groups excluding carboxylic acids is 3. The number of anilines is 9. The number of aromatic nitrogens is 9. The molecule has 12 heterocycles. The first kappa shape index (κ1) is 65.4. The average Bonchev–Trinajstić information content (AvgIpc) is 1.74. The molecule has 17 rings (SSSR count). The van der Waals surface area contributed by atoms with Gasteiger partial charge in [-0.3, -0.25) is 14.4 Å². The SMILES string of the molecule is CCCNc1nc(Nc2ccc(C(=O)N3CCOCC3)c3c2OCCO3)nc2[nH]cc(C)c12.Cc1c[nH]c2nc(Nc3ccc(C(=O)N4CCOCC4)c4c3OCCO4)nc(NC3CC3)c12.Cc1c[nH]c2nc(Nc3ccc(C(=O)N4CCOCC4)c4c3OCCO4)nc(NC3CCC3)c12. The second-order valence-electron chi connectivity index (χ2n) is 25.5. The number of amides is 3. The number of hydrogen-bond donors (Lipinski definition) is 9. The molecule has 100 heavy (non-hydrogen) atoms. The third kappa shape index (κ3) is 13.8. The molecule has 6 aromatic heterocycles. The molecule has 524 valence electrons. The molecule has 8 aliphatic rings. The van der Waals surface area contributed by atoms with Gasteiger partial charge in [0, 0.05) is 76.5 Å². The second kappa shape index (κ2) is 29.1. The zero-order valence-electron chi connectivity index (χ0n) is 56.5. The lowest BCUT2D eigenvalue weighted by atomic mass is 9.93. The fourth-order valence-corrected chi connectivity index (χ4v) is 12.9. The molecule has 0 spiro atoms. The van der Waals surface area contributed by atoms with E-state index in [0.29, 0.717) is 217 Å². The Morgan fingerprint density at radius 1 is 0.420 bits per heavy atom. The first-order chi connectivity index (χ1) is 49.0. The highest BCUT2D eigenvalue weighted by molar-refractivity contribution is 6.02. The predicted molar refractivity (Wildman–Crippen MR) is 375 cm³/mol. The highest BCUT2D eigenvalue weighted by atomic mass is 16.6. The van der Waals surface area contributed by atoms with Gasteiger partial charge in [0.05, 0.1) is 89.6 Å². The van der Waals surface area contributed by atoms with Crippen LogP contribution in [0.3, 0.4) is 0 Å². The molecule has 6 aliphatic heterocycles. The van der Waals surface area contributed by atoms with Crippen molar-refractivity contribution in [1.29, 1.82) is 0 Å². The number of carbonyl (C=O) groups is 3. The highest BCUT2D eigenvalue weighted by Crippen LogP contribution is 2.46. The standard InChI is InChI=1S/C24H28N6O4.C23H26N6O4.C23H28N6O4/c1-14-13-25-21-18(14)22(26-15-3-2-4-15)29-24(28-21)27-17-6-5-16(19-20(17)34-12-11-33-19)23(31)30-7-9-32-10-8-30;1-13-12-24-20-17(13)21(25-14-2-3-14)28-23(27-20)26-16-5-4-15(18-19(16)33-11-10-32-18)22(30)29-6-8-31-9-7-29;1-3-6-24-20-17-14(2)13-25-21(17)28-23(27-20)26-16-5-4-15(18-19(16)33-12-11-32-18)22(30)29-7-9-31-10-8-29/h5-6,13,15H,2-4,7-12H2,1H3,(H3,25,26,27,28,29);4-5,12,14H,2-3,6-11H2,1H3,(H3,24,25,26,27,28);4-5,13H,3,6-12H2,1-2H3,(H3,24,25,26,27,28). The predicted octanol–water partition coefficient (Wildman–Crippen LogP) is 9.12. The number of fused-ring (bicyclic) bond motifs is 6. The zero-order valence-corrected chi connectivity index (χ0v) is 56.5. The maximum absolute atomic E-state index is 13.1. The molecule has 2 saturated carbocycles. The van der Waals surface area contributed by atoms with Gasteiger partial charge in [-0.2, -0.15) is 29.9 Å². The molecular weight excluding hydrogens is 1280 g/mol. The van der Waals surface area contributed by atoms with Crippen LogP contribution in [-0.4, -0.2) is 214 Å². The van der Waals surface area contributed by atoms with E-state index in [4.69, 9.17) is 57.6 Å². The summed E-state index contributed by atoms with van der Waals surface area (Å²) in [6.07, 6.45) is 12.6. The minimum atomic E-state index is -0.0859. The molecule has 3 saturated heterocycles. The molecule has 5 fully saturated rings. The number of nitrogens with one attached hydrogen (secondary N) is 9. The van der Waals surface area contributed by atoms with Gasteiger partial charge in [-0.15, -0.1) is 0 Å². The molecule has 30 heteroatoms. The summed E-state index contributed by atoms with van der Waals surface area (Å²) in [7, 11) is 0. The Hall–Kier alpha value is -10.6. The van der Waals surface area contributed by atoms with Gasteiger partial charge in [0.15, 0.2) is 34.5 Å². The van der Waals surface area contributed by atoms with Gasteiger partial charge >= 0.3 is 0 Å². The van der Waals surface area contributed by atoms with E-state index in [9.17, 15) is 14.4 Å². The molecule has 2 aliphatic carbocycles. The minimum absolute atomic E-state index is 0.0804. The number of rotatable bonds is 16. The van der Waals surface area contributed by atoms with Crippen molar-refractivity contribution >= 4 is 103 Å². The third-order valence-corrected chi connectivity index (χ3v) is 18.5. The van der Waals surface area contributed by atoms with Gasteiger partial charge in [-0.25, -0.2) is 0 Å². The Kier molecular flexibility index (Phi) is 19.0. The molecule has 0 unspecified atom stereocenters. The van der Waals surface area contributed by atoms with Crippen molar-refractivity contribution in [2.75, 3.05) is 157 Å². The van der Waals surface area contributed by atoms with Crippen LogP contribution in [0.1, 0.15) is 93.2 Å². The van der Waals surface area contributed by atoms with E-state index in [1.165, 1.54) is 6.42 Å². The van der Waals surface area contributed by atoms with Gasteiger partial charge in [0.2, 0.25) is 17.8 Å². The summed E-state index contributed by atoms with van der Waals surface area (Å²) in [4.78, 5) is 82.6. The van der Waals surface area contributed by atoms with Gasteiger partial charge < -0.3 is 104 Å². The lowest BCUT2D eigenvalue weighted by Gasteiger charge is -2.29. The van der Waals surface area contributed by atoms with Crippen LogP contribution in [0.2, 0.25) is 0 Å². The van der Waals surface area contributed by atoms with E-state index in [1.54, 1.807) is 32.9 Å². The minimum Gasteiger partial charge on any atom is -0.485 e. The van der Waals surface area contributed by atoms with E-state index < -0.39 is 0 Å². The second-order valence-corrected chi connectivity index (χ2v) is 25.5. The lowest BCUT2D eigenvalue weighted by molar-refractivity contribution is 0.0296. The van der Waals surface area contributed by atoms with Crippen molar-refractivity contribution in [1.82, 2.24) is 59.6 Å². The number of nitrogens with zero attached hydrogens (tertiary/aromatic N) is 9. The van der Waals surface area contributed by atoms with Gasteiger partial charge in [0.1, 0.15) is 74.0 Å². The maximum atomic E-state index is 13.1. The van der Waals surface area contributed by atoms with Crippen LogP contribution < -0.4 is 60.3 Å². The smallest absolute Gasteiger partial charge is 0.257 e. The summed E-state index contributed by atoms with van der Waals surface area (Å²) >= 11 is 0. The lowest BCUT2D eigenvalue weighted by Crippen LogP contribution is -2.41. The Balaban J connectivity index is 0.000000122. The van der Waals surface area contributed by atoms with Crippen molar-refractivity contribution in [3.8, 4) is 34.5 Å². The van der Waals surface area contributed by atoms with Crippen LogP contribution in [0.15, 0.2) is 55.0 Å². The van der Waals surface area contributed by atoms with Gasteiger partial charge in [0.25, 0.3) is 17.7 Å². The quantitative estimate of drug-likeness (QED) is 0.0435. The molecule has 3 amide bonds. The van der Waals surface area contributed by atoms with Crippen LogP contribution in [0.5, 0.6) is 34.5 Å². The Labute approximate surface area is 575 Å². The van der Waals surface area contributed by atoms with Crippen molar-refractivity contribution in [2.45, 2.75) is 78.3 Å². The Bertz CT molecular complexity index is 4510. The van der Waals surface area contributed by atoms with Crippen LogP contribution in [0.4, 0.5) is 52.4 Å². The first-order valence-electron chi connectivity index (χ1n) is 34.5. The molecule has 9 N–H and O–H groups in total. The summed E-state index contributed by atoms with van der Waals surface area (Å²) in [5, 5.41) is 23.3. The number of ether oxygens (including phenoxy) is 9. The maximum Gasteiger partial charge on any atom is 0.257 e. The average molecular weight is 1370 g/mol. The molecule has 0 radical (unpaired) electrons. The number of H-pyrrole nitrogens is 3. The normalized spacial score (nSPS) is 17.1. The summed E-state index contributed by atoms with van der Waals surface area (Å²) < 4.78 is 51.7. The monoisotopic (exact) mass is 1370 g/mol. The summed E-state index contributed by atoms with van der Waals surface area (Å²) in [6.45, 7) is 18.0. The van der Waals surface area contributed by atoms with E-state index in [0.717, 1.165) is 106 Å². The highest BCUT2D eigenvalue weighted by Gasteiger charge is 2.33. The van der Waals surface area contributed by atoms with Crippen molar-refractivity contribution in [3.05, 3.63) is 88.4 Å². The molecule has 0 bridgehead atoms. The van der Waals surface area contributed by atoms with E-state index >= 15 is 0 Å². The summed E-state index contributed by atoms with van der Waals surface area (Å²) in [6, 6.07) is 11.7. The molecule has 30 nitrogen and oxygen atoms in total. The van der Waals surface area contributed by atoms with Crippen molar-refractivity contribution in [3.63, 3.8) is 0 Å². The Morgan fingerprint density at radius 2 is 0.740 bits per heavy atom. The largest absolute Gasteiger partial charge is 0.485 e. The summed E-state index contributed by atoms with van der Waals surface area (Å²) in [5.74, 6) is 6.33.